The third kappa shape index (κ3) is 22.6. The Hall–Kier alpha value is -6.09. The van der Waals surface area contributed by atoms with Gasteiger partial charge in [0.25, 0.3) is 0 Å². The molecule has 11 atom stereocenters. The molecule has 85 heavy (non-hydrogen) atoms. The number of nitrogens with zero attached hydrogens (tertiary/aromatic N) is 7. The molecule has 1 rings (SSSR count). The summed E-state index contributed by atoms with van der Waals surface area (Å²) in [6.45, 7) is 30.2. The monoisotopic (exact) mass is 1200 g/mol. The number of hydrogen-bond donors (Lipinski definition) is 4. The van der Waals surface area contributed by atoms with Crippen LogP contribution in [0.3, 0.4) is 0 Å². The van der Waals surface area contributed by atoms with Gasteiger partial charge in [-0.05, 0) is 107 Å². The molecule has 0 aliphatic carbocycles. The third-order valence-electron chi connectivity index (χ3n) is 16.1. The van der Waals surface area contributed by atoms with Crippen LogP contribution < -0.4 is 21.3 Å². The fourth-order valence-electron chi connectivity index (χ4n) is 10.8. The number of carbonyl (C=O) groups excluding carboxylic acids is 11. The second-order valence-electron chi connectivity index (χ2n) is 26.4. The zero-order valence-electron chi connectivity index (χ0n) is 56.5. The fourth-order valence-corrected chi connectivity index (χ4v) is 10.8. The lowest BCUT2D eigenvalue weighted by molar-refractivity contribution is -0.156. The molecular formula is C63H113N11O11. The molecule has 1 heterocycles. The minimum absolute atomic E-state index is 0.114. The quantitative estimate of drug-likeness (QED) is 0.154. The van der Waals surface area contributed by atoms with Gasteiger partial charge in [-0.25, -0.2) is 0 Å². The number of nitrogens with one attached hydrogen (secondary N) is 4. The SMILES string of the molecule is C/C=C/C[C@@H](C)C[C@H]1C(=O)N[C@@H](CCC)C(=O)N(C)CC(=O)N(C)[C@@H](CC(C)C)C(=O)N[C@H](C(C)C)C(=O)N(C)[C@H](CC(C)C)C(=O)N[C@H](C)C(=O)N[C@H](C)C(=O)N(C)[C@@H](CC(C)C)C(=O)N(C)[C@@H](CC(C)C)C(=O)N(C)[C@@H](C(C)C)C(=O)N1C. The van der Waals surface area contributed by atoms with Crippen LogP contribution >= 0.6 is 0 Å². The van der Waals surface area contributed by atoms with Crippen molar-refractivity contribution >= 4 is 65.0 Å². The van der Waals surface area contributed by atoms with Crippen LogP contribution in [0.1, 0.15) is 169 Å². The van der Waals surface area contributed by atoms with Crippen molar-refractivity contribution in [3.05, 3.63) is 12.2 Å². The summed E-state index contributed by atoms with van der Waals surface area (Å²) < 4.78 is 0. The standard InChI is InChI=1S/C63H113N11O11/c1-25-27-29-42(15)34-48-56(78)66-45(28-26-2)59(81)68(18)35-51(75)69(19)46(30-36(3)4)57(79)67-52(40(11)12)62(84)70(20)47(31-37(5)6)55(77)64-43(16)54(76)65-44(17)58(80)72(22)49(32-38(7)8)60(82)73(23)50(33-39(9)10)61(83)74(24)53(41(13)14)63(85)71(48)21/h25,27,36-50,52-53H,26,28-35H2,1-24H3,(H,64,77)(H,65,76)(H,66,78)(H,67,79)/b27-25+/t42-,43-,44-,45+,46+,47-,48+,49+,50+,52-,53+/m1/s1. The summed E-state index contributed by atoms with van der Waals surface area (Å²) in [5.41, 5.74) is 0. The molecule has 22 heteroatoms. The molecule has 0 aromatic heterocycles. The summed E-state index contributed by atoms with van der Waals surface area (Å²) >= 11 is 0. The topological polar surface area (TPSA) is 259 Å². The Morgan fingerprint density at radius 3 is 1.29 bits per heavy atom. The number of amides is 11. The molecule has 11 amide bonds. The van der Waals surface area contributed by atoms with Gasteiger partial charge in [-0.2, -0.15) is 0 Å². The van der Waals surface area contributed by atoms with E-state index in [4.69, 9.17) is 0 Å². The van der Waals surface area contributed by atoms with E-state index < -0.39 is 144 Å². The first-order valence-corrected chi connectivity index (χ1v) is 31.0. The van der Waals surface area contributed by atoms with Crippen molar-refractivity contribution in [3.63, 3.8) is 0 Å². The van der Waals surface area contributed by atoms with E-state index in [-0.39, 0.29) is 68.1 Å². The van der Waals surface area contributed by atoms with Crippen LogP contribution in [0.25, 0.3) is 0 Å². The van der Waals surface area contributed by atoms with E-state index in [9.17, 15) is 43.2 Å². The van der Waals surface area contributed by atoms with Gasteiger partial charge >= 0.3 is 0 Å². The average Bonchev–Trinajstić information content (AvgIpc) is 3.57. The average molecular weight is 1200 g/mol. The third-order valence-corrected chi connectivity index (χ3v) is 16.1. The van der Waals surface area contributed by atoms with Crippen molar-refractivity contribution in [3.8, 4) is 0 Å². The molecule has 0 aromatic carbocycles. The molecule has 0 saturated carbocycles. The maximum absolute atomic E-state index is 15.2. The number of hydrogen-bond acceptors (Lipinski definition) is 11. The Morgan fingerprint density at radius 2 is 0.835 bits per heavy atom. The predicted octanol–water partition coefficient (Wildman–Crippen LogP) is 4.69. The Labute approximate surface area is 510 Å². The molecule has 0 bridgehead atoms. The van der Waals surface area contributed by atoms with Crippen LogP contribution in [0.2, 0.25) is 0 Å². The van der Waals surface area contributed by atoms with Crippen molar-refractivity contribution in [2.24, 2.45) is 41.4 Å². The van der Waals surface area contributed by atoms with Crippen LogP contribution in [0.4, 0.5) is 0 Å². The van der Waals surface area contributed by atoms with Gasteiger partial charge in [-0.15, -0.1) is 0 Å². The van der Waals surface area contributed by atoms with Crippen molar-refractivity contribution < 1.29 is 52.7 Å². The predicted molar refractivity (Wildman–Crippen MR) is 332 cm³/mol. The van der Waals surface area contributed by atoms with Crippen molar-refractivity contribution in [1.82, 2.24) is 55.6 Å². The minimum atomic E-state index is -1.21. The minimum Gasteiger partial charge on any atom is -0.343 e. The van der Waals surface area contributed by atoms with E-state index in [0.29, 0.717) is 12.8 Å². The van der Waals surface area contributed by atoms with Crippen LogP contribution in [0, 0.1) is 41.4 Å². The highest BCUT2D eigenvalue weighted by Gasteiger charge is 2.44. The summed E-state index contributed by atoms with van der Waals surface area (Å²) in [5.74, 6) is -8.26. The molecule has 0 radical (unpaired) electrons. The second-order valence-corrected chi connectivity index (χ2v) is 26.4. The van der Waals surface area contributed by atoms with Gasteiger partial charge < -0.3 is 55.6 Å². The molecular weight excluding hydrogens is 1090 g/mol. The van der Waals surface area contributed by atoms with Gasteiger partial charge in [-0.1, -0.05) is 116 Å². The van der Waals surface area contributed by atoms with Gasteiger partial charge in [0.15, 0.2) is 0 Å². The first-order chi connectivity index (χ1) is 39.3. The van der Waals surface area contributed by atoms with E-state index in [1.165, 1.54) is 97.5 Å². The maximum Gasteiger partial charge on any atom is 0.246 e. The first-order valence-electron chi connectivity index (χ1n) is 31.0. The first kappa shape index (κ1) is 76.9. The molecule has 1 fully saturated rings. The number of allylic oxidation sites excluding steroid dienone is 2. The molecule has 486 valence electrons. The van der Waals surface area contributed by atoms with E-state index >= 15 is 9.59 Å². The fraction of sp³-hybridized carbons (Fsp3) is 0.794. The maximum atomic E-state index is 15.2. The van der Waals surface area contributed by atoms with Gasteiger partial charge in [0, 0.05) is 49.3 Å². The van der Waals surface area contributed by atoms with Crippen LogP contribution in [0.15, 0.2) is 12.2 Å². The summed E-state index contributed by atoms with van der Waals surface area (Å²) in [5, 5.41) is 11.2. The Bertz CT molecular complexity index is 2310. The van der Waals surface area contributed by atoms with Crippen LogP contribution in [-0.4, -0.2) is 216 Å². The lowest BCUT2D eigenvalue weighted by atomic mass is 9.93. The van der Waals surface area contributed by atoms with Crippen LogP contribution in [-0.2, 0) is 52.7 Å². The van der Waals surface area contributed by atoms with Gasteiger partial charge in [0.1, 0.15) is 60.4 Å². The van der Waals surface area contributed by atoms with E-state index in [2.05, 4.69) is 21.3 Å². The lowest BCUT2D eigenvalue weighted by Crippen LogP contribution is -2.61. The molecule has 0 spiro atoms. The highest BCUT2D eigenvalue weighted by Crippen LogP contribution is 2.25. The highest BCUT2D eigenvalue weighted by molar-refractivity contribution is 5.99. The van der Waals surface area contributed by atoms with Crippen molar-refractivity contribution in [1.29, 1.82) is 0 Å². The summed E-state index contributed by atoms with van der Waals surface area (Å²) in [4.78, 5) is 169. The zero-order chi connectivity index (χ0) is 65.8. The molecule has 4 N–H and O–H groups in total. The summed E-state index contributed by atoms with van der Waals surface area (Å²) in [7, 11) is 10.3. The molecule has 22 nitrogen and oxygen atoms in total. The number of carbonyl (C=O) groups is 11. The van der Waals surface area contributed by atoms with E-state index in [1.54, 1.807) is 27.7 Å². The van der Waals surface area contributed by atoms with E-state index in [0.717, 1.165) is 0 Å². The van der Waals surface area contributed by atoms with Crippen molar-refractivity contribution in [2.75, 3.05) is 55.9 Å². The highest BCUT2D eigenvalue weighted by atomic mass is 16.2. The molecule has 1 aliphatic heterocycles. The normalized spacial score (nSPS) is 26.5. The largest absolute Gasteiger partial charge is 0.343 e. The van der Waals surface area contributed by atoms with Gasteiger partial charge in [-0.3, -0.25) is 52.7 Å². The Kier molecular flexibility index (Phi) is 32.1. The molecule has 0 unspecified atom stereocenters. The van der Waals surface area contributed by atoms with E-state index in [1.807, 2.05) is 88.3 Å². The molecule has 0 aromatic rings. The smallest absolute Gasteiger partial charge is 0.246 e. The summed E-state index contributed by atoms with van der Waals surface area (Å²) in [6, 6.07) is -11.4. The zero-order valence-corrected chi connectivity index (χ0v) is 56.5. The van der Waals surface area contributed by atoms with Gasteiger partial charge in [0.05, 0.1) is 6.54 Å². The lowest BCUT2D eigenvalue weighted by Gasteiger charge is -2.41. The van der Waals surface area contributed by atoms with Crippen molar-refractivity contribution in [2.45, 2.75) is 229 Å². The summed E-state index contributed by atoms with van der Waals surface area (Å²) in [6.07, 6.45) is 5.97. The Morgan fingerprint density at radius 1 is 0.435 bits per heavy atom. The second kappa shape index (κ2) is 35.5. The number of rotatable bonds is 16. The van der Waals surface area contributed by atoms with Crippen LogP contribution in [0.5, 0.6) is 0 Å². The Balaban J connectivity index is 4.31. The van der Waals surface area contributed by atoms with Gasteiger partial charge in [0.2, 0.25) is 65.0 Å². The number of likely N-dealkylation sites (N-methyl/N-ethyl adjacent to an activating group) is 7. The molecule has 1 aliphatic rings. The molecule has 1 saturated heterocycles.